The predicted molar refractivity (Wildman–Crippen MR) is 86.5 cm³/mol. The summed E-state index contributed by atoms with van der Waals surface area (Å²) in [6.07, 6.45) is 2.54. The van der Waals surface area contributed by atoms with Crippen molar-refractivity contribution in [2.75, 3.05) is 11.9 Å². The molecule has 0 saturated heterocycles. The standard InChI is InChI=1S/C16H16BrN3O/c1-10-7-12(9-19-15(10)17)20-16(21)14-4-2-3-11-8-18-6-5-13(11)14/h2-4,7,9,18H,5-6,8H2,1H3,(H,20,21). The molecule has 4 nitrogen and oxygen atoms in total. The van der Waals surface area contributed by atoms with E-state index in [4.69, 9.17) is 0 Å². The van der Waals surface area contributed by atoms with Crippen molar-refractivity contribution in [2.24, 2.45) is 0 Å². The lowest BCUT2D eigenvalue weighted by Gasteiger charge is -2.20. The van der Waals surface area contributed by atoms with Gasteiger partial charge in [-0.1, -0.05) is 12.1 Å². The smallest absolute Gasteiger partial charge is 0.255 e. The fourth-order valence-corrected chi connectivity index (χ4v) is 2.79. The number of hydrogen-bond donors (Lipinski definition) is 2. The average molecular weight is 346 g/mol. The van der Waals surface area contributed by atoms with Gasteiger partial charge in [-0.2, -0.15) is 0 Å². The number of carbonyl (C=O) groups is 1. The zero-order valence-corrected chi connectivity index (χ0v) is 13.3. The Balaban J connectivity index is 1.87. The monoisotopic (exact) mass is 345 g/mol. The summed E-state index contributed by atoms with van der Waals surface area (Å²) in [5.74, 6) is -0.0720. The number of rotatable bonds is 2. The van der Waals surface area contributed by atoms with Gasteiger partial charge in [-0.05, 0) is 64.6 Å². The summed E-state index contributed by atoms with van der Waals surface area (Å²) in [4.78, 5) is 16.7. The first-order chi connectivity index (χ1) is 10.1. The van der Waals surface area contributed by atoms with Crippen molar-refractivity contribution in [1.29, 1.82) is 0 Å². The van der Waals surface area contributed by atoms with Gasteiger partial charge in [-0.25, -0.2) is 4.98 Å². The van der Waals surface area contributed by atoms with Gasteiger partial charge in [-0.3, -0.25) is 4.79 Å². The topological polar surface area (TPSA) is 54.0 Å². The van der Waals surface area contributed by atoms with Gasteiger partial charge < -0.3 is 10.6 Å². The van der Waals surface area contributed by atoms with E-state index in [1.807, 2.05) is 25.1 Å². The highest BCUT2D eigenvalue weighted by molar-refractivity contribution is 9.10. The molecular weight excluding hydrogens is 330 g/mol. The largest absolute Gasteiger partial charge is 0.321 e. The average Bonchev–Trinajstić information content (AvgIpc) is 2.50. The van der Waals surface area contributed by atoms with Gasteiger partial charge in [0.1, 0.15) is 4.60 Å². The van der Waals surface area contributed by atoms with Crippen molar-refractivity contribution in [3.05, 3.63) is 57.3 Å². The normalized spacial score (nSPS) is 13.6. The number of hydrogen-bond acceptors (Lipinski definition) is 3. The van der Waals surface area contributed by atoms with E-state index in [1.54, 1.807) is 6.20 Å². The number of pyridine rings is 1. The number of nitrogens with one attached hydrogen (secondary N) is 2. The molecule has 0 radical (unpaired) electrons. The van der Waals surface area contributed by atoms with Crippen LogP contribution in [0.4, 0.5) is 5.69 Å². The van der Waals surface area contributed by atoms with E-state index in [9.17, 15) is 4.79 Å². The molecule has 0 atom stereocenters. The molecule has 1 aromatic carbocycles. The third-order valence-corrected chi connectivity index (χ3v) is 4.49. The van der Waals surface area contributed by atoms with Crippen LogP contribution in [-0.4, -0.2) is 17.4 Å². The highest BCUT2D eigenvalue weighted by Crippen LogP contribution is 2.21. The fourth-order valence-electron chi connectivity index (χ4n) is 2.57. The van der Waals surface area contributed by atoms with Crippen molar-refractivity contribution in [3.8, 4) is 0 Å². The van der Waals surface area contributed by atoms with Gasteiger partial charge in [0.05, 0.1) is 11.9 Å². The lowest BCUT2D eigenvalue weighted by atomic mass is 9.95. The molecule has 1 amide bonds. The van der Waals surface area contributed by atoms with Gasteiger partial charge in [0.2, 0.25) is 0 Å². The SMILES string of the molecule is Cc1cc(NC(=O)c2cccc3c2CCNC3)cnc1Br. The summed E-state index contributed by atoms with van der Waals surface area (Å²) in [6.45, 7) is 3.69. The Bertz CT molecular complexity index is 700. The highest BCUT2D eigenvalue weighted by atomic mass is 79.9. The number of fused-ring (bicyclic) bond motifs is 1. The molecule has 0 saturated carbocycles. The van der Waals surface area contributed by atoms with E-state index in [2.05, 4.69) is 37.6 Å². The van der Waals surface area contributed by atoms with Crippen molar-refractivity contribution < 1.29 is 4.79 Å². The molecule has 2 N–H and O–H groups in total. The lowest BCUT2D eigenvalue weighted by Crippen LogP contribution is -2.26. The summed E-state index contributed by atoms with van der Waals surface area (Å²) >= 11 is 3.36. The molecule has 1 aliphatic rings. The molecule has 0 unspecified atom stereocenters. The Morgan fingerprint density at radius 1 is 1.43 bits per heavy atom. The quantitative estimate of drug-likeness (QED) is 0.822. The second-order valence-corrected chi connectivity index (χ2v) is 5.91. The zero-order valence-electron chi connectivity index (χ0n) is 11.7. The molecule has 0 spiro atoms. The van der Waals surface area contributed by atoms with Crippen molar-refractivity contribution in [1.82, 2.24) is 10.3 Å². The number of aromatic nitrogens is 1. The van der Waals surface area contributed by atoms with Crippen LogP contribution in [0.25, 0.3) is 0 Å². The van der Waals surface area contributed by atoms with E-state index in [-0.39, 0.29) is 5.91 Å². The highest BCUT2D eigenvalue weighted by Gasteiger charge is 2.17. The van der Waals surface area contributed by atoms with Gasteiger partial charge in [0, 0.05) is 12.1 Å². The van der Waals surface area contributed by atoms with Crippen LogP contribution in [0.1, 0.15) is 27.0 Å². The van der Waals surface area contributed by atoms with Crippen LogP contribution in [0, 0.1) is 6.92 Å². The van der Waals surface area contributed by atoms with E-state index in [0.717, 1.165) is 40.8 Å². The summed E-state index contributed by atoms with van der Waals surface area (Å²) in [7, 11) is 0. The molecule has 0 aliphatic carbocycles. The maximum Gasteiger partial charge on any atom is 0.255 e. The van der Waals surface area contributed by atoms with Crippen LogP contribution in [0.3, 0.4) is 0 Å². The first-order valence-corrected chi connectivity index (χ1v) is 7.69. The van der Waals surface area contributed by atoms with Crippen LogP contribution >= 0.6 is 15.9 Å². The molecule has 0 bridgehead atoms. The van der Waals surface area contributed by atoms with Crippen LogP contribution in [0.2, 0.25) is 0 Å². The minimum atomic E-state index is -0.0720. The Morgan fingerprint density at radius 3 is 3.10 bits per heavy atom. The Labute approximate surface area is 132 Å². The Hall–Kier alpha value is -1.72. The molecule has 108 valence electrons. The van der Waals surface area contributed by atoms with Crippen molar-refractivity contribution in [3.63, 3.8) is 0 Å². The van der Waals surface area contributed by atoms with Crippen LogP contribution < -0.4 is 10.6 Å². The molecule has 5 heteroatoms. The number of amides is 1. The van der Waals surface area contributed by atoms with Gasteiger partial charge in [0.15, 0.2) is 0 Å². The molecule has 2 heterocycles. The summed E-state index contributed by atoms with van der Waals surface area (Å²) in [6, 6.07) is 7.81. The maximum atomic E-state index is 12.5. The molecule has 0 fully saturated rings. The number of benzene rings is 1. The summed E-state index contributed by atoms with van der Waals surface area (Å²) in [5.41, 5.74) is 4.82. The van der Waals surface area contributed by atoms with Crippen molar-refractivity contribution >= 4 is 27.5 Å². The molecule has 2 aromatic rings. The van der Waals surface area contributed by atoms with E-state index < -0.39 is 0 Å². The summed E-state index contributed by atoms with van der Waals surface area (Å²) in [5, 5.41) is 6.26. The van der Waals surface area contributed by atoms with Crippen LogP contribution in [-0.2, 0) is 13.0 Å². The molecular formula is C16H16BrN3O. The fraction of sp³-hybridized carbons (Fsp3) is 0.250. The number of aryl methyl sites for hydroxylation is 1. The van der Waals surface area contributed by atoms with Gasteiger partial charge in [-0.15, -0.1) is 0 Å². The first kappa shape index (κ1) is 14.2. The number of halogens is 1. The predicted octanol–water partition coefficient (Wildman–Crippen LogP) is 3.05. The third kappa shape index (κ3) is 2.99. The van der Waals surface area contributed by atoms with E-state index >= 15 is 0 Å². The van der Waals surface area contributed by atoms with Gasteiger partial charge in [0.25, 0.3) is 5.91 Å². The van der Waals surface area contributed by atoms with Gasteiger partial charge >= 0.3 is 0 Å². The van der Waals surface area contributed by atoms with Crippen LogP contribution in [0.15, 0.2) is 35.1 Å². The Morgan fingerprint density at radius 2 is 2.29 bits per heavy atom. The minimum Gasteiger partial charge on any atom is -0.321 e. The van der Waals surface area contributed by atoms with E-state index in [1.165, 1.54) is 5.56 Å². The molecule has 1 aromatic heterocycles. The second-order valence-electron chi connectivity index (χ2n) is 5.16. The first-order valence-electron chi connectivity index (χ1n) is 6.90. The lowest BCUT2D eigenvalue weighted by molar-refractivity contribution is 0.102. The number of nitrogens with zero attached hydrogens (tertiary/aromatic N) is 1. The third-order valence-electron chi connectivity index (χ3n) is 3.66. The number of carbonyl (C=O) groups excluding carboxylic acids is 1. The summed E-state index contributed by atoms with van der Waals surface area (Å²) < 4.78 is 0.795. The van der Waals surface area contributed by atoms with Crippen molar-refractivity contribution in [2.45, 2.75) is 19.9 Å². The van der Waals surface area contributed by atoms with Crippen LogP contribution in [0.5, 0.6) is 0 Å². The molecule has 21 heavy (non-hydrogen) atoms. The maximum absolute atomic E-state index is 12.5. The second kappa shape index (κ2) is 5.95. The number of anilines is 1. The minimum absolute atomic E-state index is 0.0720. The molecule has 1 aliphatic heterocycles. The zero-order chi connectivity index (χ0) is 14.8. The Kier molecular flexibility index (Phi) is 4.03. The van der Waals surface area contributed by atoms with E-state index in [0.29, 0.717) is 5.69 Å². The molecule has 3 rings (SSSR count).